The summed E-state index contributed by atoms with van der Waals surface area (Å²) < 4.78 is 33.4. The number of hydrogen-bond acceptors (Lipinski definition) is 4. The summed E-state index contributed by atoms with van der Waals surface area (Å²) in [5, 5.41) is 0.238. The third-order valence-electron chi connectivity index (χ3n) is 6.42. The van der Waals surface area contributed by atoms with Crippen molar-refractivity contribution in [1.29, 1.82) is 0 Å². The third kappa shape index (κ3) is 4.23. The molecule has 0 N–H and O–H groups in total. The Kier molecular flexibility index (Phi) is 6.82. The van der Waals surface area contributed by atoms with Crippen LogP contribution in [0.4, 0.5) is 0 Å². The second kappa shape index (κ2) is 8.62. The second-order valence-electron chi connectivity index (χ2n) is 11.7. The first kappa shape index (κ1) is 26.1. The number of hydrogen-bond donors (Lipinski definition) is 0. The molecule has 0 spiro atoms. The lowest BCUT2D eigenvalue weighted by Gasteiger charge is -2.47. The Morgan fingerprint density at radius 3 is 1.73 bits per heavy atom. The van der Waals surface area contributed by atoms with Crippen LogP contribution < -0.4 is 19.5 Å². The minimum absolute atomic E-state index is 0.122. The number of ether oxygens (including phenoxy) is 3. The standard InChI is InChI=1S/C27H40O4P2/c1-25(2,3)32-23-18(22-19(29-10)15-13-16-20(22)30-11)14-12-17-21(23)31-24(32)33(28,26(4,5)6)27(7,8)9/h12-17,24H,1-11H3/t24-,32?/m0/s1. The van der Waals surface area contributed by atoms with Crippen LogP contribution in [0.5, 0.6) is 17.2 Å². The van der Waals surface area contributed by atoms with Crippen molar-refractivity contribution in [1.82, 2.24) is 0 Å². The van der Waals surface area contributed by atoms with E-state index in [4.69, 9.17) is 14.2 Å². The molecule has 1 unspecified atom stereocenters. The van der Waals surface area contributed by atoms with E-state index >= 15 is 4.57 Å². The molecule has 0 saturated carbocycles. The van der Waals surface area contributed by atoms with Gasteiger partial charge in [0.1, 0.15) is 24.4 Å². The van der Waals surface area contributed by atoms with Crippen LogP contribution >= 0.6 is 15.1 Å². The molecule has 0 bridgehead atoms. The number of fused-ring (bicyclic) bond motifs is 1. The SMILES string of the molecule is COc1cccc(OC)c1-c1cccc2c1P(C(C)(C)C)[C@@H](P(=O)(C(C)(C)C)C(C)(C)C)O2. The molecule has 0 radical (unpaired) electrons. The van der Waals surface area contributed by atoms with Gasteiger partial charge in [0.05, 0.1) is 19.8 Å². The fraction of sp³-hybridized carbons (Fsp3) is 0.556. The molecule has 33 heavy (non-hydrogen) atoms. The van der Waals surface area contributed by atoms with E-state index in [-0.39, 0.29) is 10.7 Å². The van der Waals surface area contributed by atoms with Gasteiger partial charge in [0.2, 0.25) is 0 Å². The van der Waals surface area contributed by atoms with Crippen LogP contribution in [0.1, 0.15) is 62.3 Å². The lowest BCUT2D eigenvalue weighted by atomic mass is 10.0. The minimum Gasteiger partial charge on any atom is -0.496 e. The maximum Gasteiger partial charge on any atom is 0.174 e. The van der Waals surface area contributed by atoms with Gasteiger partial charge in [0, 0.05) is 21.2 Å². The van der Waals surface area contributed by atoms with Crippen molar-refractivity contribution in [2.45, 2.75) is 83.4 Å². The summed E-state index contributed by atoms with van der Waals surface area (Å²) >= 11 is 0. The largest absolute Gasteiger partial charge is 0.496 e. The topological polar surface area (TPSA) is 44.8 Å². The predicted molar refractivity (Wildman–Crippen MR) is 143 cm³/mol. The molecule has 0 amide bonds. The summed E-state index contributed by atoms with van der Waals surface area (Å²) in [5.74, 6) is 2.34. The molecule has 1 aliphatic heterocycles. The highest BCUT2D eigenvalue weighted by Gasteiger charge is 2.60. The monoisotopic (exact) mass is 490 g/mol. The van der Waals surface area contributed by atoms with E-state index in [9.17, 15) is 0 Å². The quantitative estimate of drug-likeness (QED) is 0.409. The normalized spacial score (nSPS) is 19.1. The van der Waals surface area contributed by atoms with Crippen molar-refractivity contribution >= 4 is 20.4 Å². The lowest BCUT2D eigenvalue weighted by molar-refractivity contribution is 0.341. The van der Waals surface area contributed by atoms with Gasteiger partial charge in [-0.15, -0.1) is 0 Å². The summed E-state index contributed by atoms with van der Waals surface area (Å²) in [6, 6.07) is 12.0. The molecule has 1 aliphatic rings. The zero-order valence-corrected chi connectivity index (χ0v) is 23.9. The van der Waals surface area contributed by atoms with Gasteiger partial charge < -0.3 is 18.8 Å². The zero-order valence-electron chi connectivity index (χ0n) is 22.1. The van der Waals surface area contributed by atoms with Gasteiger partial charge in [-0.2, -0.15) is 0 Å². The lowest BCUT2D eigenvalue weighted by Crippen LogP contribution is -2.38. The highest BCUT2D eigenvalue weighted by atomic mass is 31.2. The number of methoxy groups -OCH3 is 2. The average Bonchev–Trinajstić information content (AvgIpc) is 3.11. The smallest absolute Gasteiger partial charge is 0.174 e. The molecule has 3 rings (SSSR count). The van der Waals surface area contributed by atoms with E-state index in [1.165, 1.54) is 0 Å². The van der Waals surface area contributed by atoms with Crippen LogP contribution in [-0.4, -0.2) is 35.3 Å². The minimum atomic E-state index is -2.87. The van der Waals surface area contributed by atoms with Gasteiger partial charge in [0.25, 0.3) is 0 Å². The first-order valence-electron chi connectivity index (χ1n) is 11.5. The van der Waals surface area contributed by atoms with Gasteiger partial charge in [-0.05, 0) is 31.3 Å². The van der Waals surface area contributed by atoms with E-state index in [0.29, 0.717) is 0 Å². The van der Waals surface area contributed by atoms with Crippen LogP contribution in [0.2, 0.25) is 0 Å². The fourth-order valence-corrected chi connectivity index (χ4v) is 16.0. The Bertz CT molecular complexity index is 1030. The van der Waals surface area contributed by atoms with Crippen molar-refractivity contribution in [2.24, 2.45) is 0 Å². The second-order valence-corrected chi connectivity index (χ2v) is 19.5. The molecule has 1 heterocycles. The summed E-state index contributed by atoms with van der Waals surface area (Å²) in [7, 11) is -0.470. The number of benzene rings is 2. The van der Waals surface area contributed by atoms with Crippen molar-refractivity contribution in [2.75, 3.05) is 14.2 Å². The van der Waals surface area contributed by atoms with E-state index < -0.39 is 25.4 Å². The van der Waals surface area contributed by atoms with Gasteiger partial charge >= 0.3 is 0 Å². The van der Waals surface area contributed by atoms with Gasteiger partial charge in [-0.25, -0.2) is 0 Å². The van der Waals surface area contributed by atoms with Crippen molar-refractivity contribution in [3.05, 3.63) is 36.4 Å². The Morgan fingerprint density at radius 2 is 1.30 bits per heavy atom. The fourth-order valence-electron chi connectivity index (χ4n) is 5.03. The van der Waals surface area contributed by atoms with Crippen LogP contribution in [0.3, 0.4) is 0 Å². The maximum atomic E-state index is 15.1. The molecule has 2 aromatic rings. The predicted octanol–water partition coefficient (Wildman–Crippen LogP) is 7.91. The van der Waals surface area contributed by atoms with Crippen molar-refractivity contribution in [3.63, 3.8) is 0 Å². The zero-order chi connectivity index (χ0) is 25.0. The van der Waals surface area contributed by atoms with Crippen LogP contribution in [0.25, 0.3) is 11.1 Å². The van der Waals surface area contributed by atoms with E-state index in [1.807, 2.05) is 30.3 Å². The van der Waals surface area contributed by atoms with E-state index in [2.05, 4.69) is 68.4 Å². The number of rotatable bonds is 4. The first-order valence-corrected chi connectivity index (χ1v) is 14.7. The van der Waals surface area contributed by atoms with Crippen LogP contribution in [0.15, 0.2) is 36.4 Å². The molecule has 0 saturated heterocycles. The van der Waals surface area contributed by atoms with Gasteiger partial charge in [-0.1, -0.05) is 80.5 Å². The van der Waals surface area contributed by atoms with Crippen molar-refractivity contribution in [3.8, 4) is 28.4 Å². The molecular weight excluding hydrogens is 450 g/mol. The van der Waals surface area contributed by atoms with Gasteiger partial charge in [-0.3, -0.25) is 0 Å². The highest BCUT2D eigenvalue weighted by molar-refractivity contribution is 7.84. The van der Waals surface area contributed by atoms with Crippen LogP contribution in [-0.2, 0) is 4.57 Å². The molecular formula is C27H40O4P2. The van der Waals surface area contributed by atoms with E-state index in [0.717, 1.165) is 33.7 Å². The molecule has 4 nitrogen and oxygen atoms in total. The molecule has 0 fully saturated rings. The Labute approximate surface area is 201 Å². The third-order valence-corrected chi connectivity index (χ3v) is 15.7. The summed E-state index contributed by atoms with van der Waals surface area (Å²) in [6.07, 6.45) is 0. The molecule has 2 atom stereocenters. The molecule has 2 aromatic carbocycles. The Morgan fingerprint density at radius 1 is 0.818 bits per heavy atom. The molecule has 6 heteroatoms. The Hall–Kier alpha value is -1.50. The molecule has 182 valence electrons. The maximum absolute atomic E-state index is 15.1. The average molecular weight is 491 g/mol. The van der Waals surface area contributed by atoms with Crippen LogP contribution in [0, 0.1) is 0 Å². The molecule has 0 aliphatic carbocycles. The Balaban J connectivity index is 2.37. The highest BCUT2D eigenvalue weighted by Crippen LogP contribution is 2.80. The first-order chi connectivity index (χ1) is 15.1. The summed E-state index contributed by atoms with van der Waals surface area (Å²) in [5.41, 5.74) is 1.60. The summed E-state index contributed by atoms with van der Waals surface area (Å²) in [4.78, 5) is 0. The van der Waals surface area contributed by atoms with E-state index in [1.54, 1.807) is 14.2 Å². The van der Waals surface area contributed by atoms with Crippen molar-refractivity contribution < 1.29 is 18.8 Å². The summed E-state index contributed by atoms with van der Waals surface area (Å²) in [6.45, 7) is 19.4. The van der Waals surface area contributed by atoms with Gasteiger partial charge in [0.15, 0.2) is 5.59 Å². The molecule has 0 aromatic heterocycles.